The van der Waals surface area contributed by atoms with E-state index in [1.165, 1.54) is 12.8 Å². The monoisotopic (exact) mass is 443 g/mol. The van der Waals surface area contributed by atoms with Crippen molar-refractivity contribution in [2.24, 2.45) is 11.8 Å². The highest BCUT2D eigenvalue weighted by Gasteiger charge is 2.73. The molecule has 2 saturated heterocycles. The minimum atomic E-state index is -1.04. The van der Waals surface area contributed by atoms with Gasteiger partial charge in [0.1, 0.15) is 11.6 Å². The largest absolute Gasteiger partial charge is 0.359 e. The smallest absolute Gasteiger partial charge is 0.246 e. The van der Waals surface area contributed by atoms with Crippen LogP contribution in [0.4, 0.5) is 0 Å². The number of ether oxygens (including phenoxy) is 1. The predicted octanol–water partition coefficient (Wildman–Crippen LogP) is 2.44. The van der Waals surface area contributed by atoms with Crippen molar-refractivity contribution in [3.63, 3.8) is 0 Å². The second kappa shape index (κ2) is 8.47. The fourth-order valence-corrected chi connectivity index (χ4v) is 6.83. The van der Waals surface area contributed by atoms with Gasteiger partial charge in [0.2, 0.25) is 17.7 Å². The van der Waals surface area contributed by atoms with Crippen LogP contribution in [-0.4, -0.2) is 58.5 Å². The van der Waals surface area contributed by atoms with Crippen LogP contribution in [0.1, 0.15) is 78.1 Å². The van der Waals surface area contributed by atoms with Crippen molar-refractivity contribution in [1.29, 1.82) is 0 Å². The van der Waals surface area contributed by atoms with Crippen molar-refractivity contribution >= 4 is 17.7 Å². The van der Waals surface area contributed by atoms with E-state index in [1.807, 2.05) is 26.0 Å². The van der Waals surface area contributed by atoms with Gasteiger partial charge >= 0.3 is 0 Å². The van der Waals surface area contributed by atoms with Crippen LogP contribution in [-0.2, 0) is 19.1 Å². The highest BCUT2D eigenvalue weighted by Crippen LogP contribution is 2.55. The zero-order valence-electron chi connectivity index (χ0n) is 19.3. The van der Waals surface area contributed by atoms with Crippen LogP contribution in [0.2, 0.25) is 0 Å². The molecule has 2 N–H and O–H groups in total. The number of nitrogens with one attached hydrogen (secondary N) is 2. The van der Waals surface area contributed by atoms with Gasteiger partial charge in [-0.1, -0.05) is 50.7 Å². The van der Waals surface area contributed by atoms with E-state index in [0.29, 0.717) is 0 Å². The number of carbonyl (C=O) groups excluding carboxylic acids is 3. The third-order valence-corrected chi connectivity index (χ3v) is 8.32. The van der Waals surface area contributed by atoms with Gasteiger partial charge in [0, 0.05) is 18.1 Å². The predicted molar refractivity (Wildman–Crippen MR) is 120 cm³/mol. The minimum absolute atomic E-state index is 0.0940. The van der Waals surface area contributed by atoms with E-state index in [2.05, 4.69) is 10.6 Å². The molecule has 0 unspecified atom stereocenters. The van der Waals surface area contributed by atoms with E-state index >= 15 is 0 Å². The van der Waals surface area contributed by atoms with Crippen molar-refractivity contribution in [1.82, 2.24) is 15.5 Å². The molecule has 1 spiro atoms. The lowest BCUT2D eigenvalue weighted by atomic mass is 9.74. The van der Waals surface area contributed by atoms with Crippen LogP contribution in [0, 0.1) is 11.8 Å². The van der Waals surface area contributed by atoms with Gasteiger partial charge in [-0.2, -0.15) is 0 Å². The Kier molecular flexibility index (Phi) is 5.81. The van der Waals surface area contributed by atoms with Crippen molar-refractivity contribution in [2.75, 3.05) is 0 Å². The maximum atomic E-state index is 13.7. The number of hydrogen-bond acceptors (Lipinski definition) is 4. The lowest BCUT2D eigenvalue weighted by Crippen LogP contribution is -2.57. The number of nitrogens with zero attached hydrogens (tertiary/aromatic N) is 1. The first-order valence-corrected chi connectivity index (χ1v) is 12.7. The fraction of sp³-hybridized carbons (Fsp3) is 0.800. The molecule has 4 fully saturated rings. The van der Waals surface area contributed by atoms with E-state index in [9.17, 15) is 14.4 Å². The summed E-state index contributed by atoms with van der Waals surface area (Å²) in [6, 6.07) is -0.541. The van der Waals surface area contributed by atoms with Gasteiger partial charge in [-0.05, 0) is 39.5 Å². The Hall–Kier alpha value is -1.89. The Bertz CT molecular complexity index is 799. The van der Waals surface area contributed by atoms with E-state index in [0.717, 1.165) is 51.4 Å². The van der Waals surface area contributed by atoms with Crippen LogP contribution in [0.15, 0.2) is 12.2 Å². The normalized spacial score (nSPS) is 37.2. The minimum Gasteiger partial charge on any atom is -0.359 e. The molecular weight excluding hydrogens is 406 g/mol. The topological polar surface area (TPSA) is 87.7 Å². The Labute approximate surface area is 190 Å². The molecule has 7 heteroatoms. The zero-order chi connectivity index (χ0) is 22.5. The number of amides is 3. The van der Waals surface area contributed by atoms with Crippen molar-refractivity contribution in [2.45, 2.75) is 114 Å². The van der Waals surface area contributed by atoms with Crippen LogP contribution < -0.4 is 10.6 Å². The summed E-state index contributed by atoms with van der Waals surface area (Å²) < 4.78 is 6.39. The van der Waals surface area contributed by atoms with Gasteiger partial charge in [0.25, 0.3) is 0 Å². The van der Waals surface area contributed by atoms with Gasteiger partial charge in [-0.25, -0.2) is 0 Å². The van der Waals surface area contributed by atoms with Crippen LogP contribution in [0.25, 0.3) is 0 Å². The Morgan fingerprint density at radius 3 is 2.09 bits per heavy atom. The molecule has 0 aromatic carbocycles. The van der Waals surface area contributed by atoms with E-state index in [4.69, 9.17) is 4.74 Å². The third kappa shape index (κ3) is 3.47. The molecule has 176 valence electrons. The first-order chi connectivity index (χ1) is 15.4. The second-order valence-electron chi connectivity index (χ2n) is 10.7. The Morgan fingerprint density at radius 1 is 0.969 bits per heavy atom. The zero-order valence-corrected chi connectivity index (χ0v) is 19.3. The number of carbonyl (C=O) groups is 3. The quantitative estimate of drug-likeness (QED) is 0.639. The van der Waals surface area contributed by atoms with Gasteiger partial charge in [-0.3, -0.25) is 14.4 Å². The summed E-state index contributed by atoms with van der Waals surface area (Å²) in [6.45, 7) is 3.87. The molecule has 5 rings (SSSR count). The summed E-state index contributed by atoms with van der Waals surface area (Å²) in [5.74, 6) is -1.56. The van der Waals surface area contributed by atoms with Crippen molar-refractivity contribution in [3.05, 3.63) is 12.2 Å². The van der Waals surface area contributed by atoms with Gasteiger partial charge in [0.05, 0.1) is 17.9 Å². The maximum Gasteiger partial charge on any atom is 0.246 e. The van der Waals surface area contributed by atoms with Crippen LogP contribution >= 0.6 is 0 Å². The highest BCUT2D eigenvalue weighted by atomic mass is 16.5. The maximum absolute atomic E-state index is 13.7. The Morgan fingerprint density at radius 2 is 1.53 bits per heavy atom. The fourth-order valence-electron chi connectivity index (χ4n) is 6.83. The molecule has 0 radical (unpaired) electrons. The summed E-state index contributed by atoms with van der Waals surface area (Å²) >= 11 is 0. The van der Waals surface area contributed by atoms with Gasteiger partial charge in [-0.15, -0.1) is 0 Å². The van der Waals surface area contributed by atoms with Crippen molar-refractivity contribution in [3.8, 4) is 0 Å². The summed E-state index contributed by atoms with van der Waals surface area (Å²) in [6.07, 6.45) is 14.3. The molecular formula is C25H37N3O4. The molecule has 0 aromatic heterocycles. The Balaban J connectivity index is 1.40. The van der Waals surface area contributed by atoms with Gasteiger partial charge < -0.3 is 20.3 Å². The standard InChI is InChI=1S/C25H37N3O4/c1-15(2)28-21(23(30)27-17-11-7-4-8-12-17)25-14-13-18(32-25)19(20(25)24(28)31)22(29)26-16-9-5-3-6-10-16/h13-21H,3-12H2,1-2H3,(H,26,29)(H,27,30)/t18-,19+,20-,21+,25+/m1/s1. The summed E-state index contributed by atoms with van der Waals surface area (Å²) in [5.41, 5.74) is -1.04. The summed E-state index contributed by atoms with van der Waals surface area (Å²) in [4.78, 5) is 42.3. The molecule has 2 bridgehead atoms. The average molecular weight is 444 g/mol. The molecule has 0 aromatic rings. The lowest BCUT2D eigenvalue weighted by molar-refractivity contribution is -0.144. The van der Waals surface area contributed by atoms with E-state index in [1.54, 1.807) is 4.90 Å². The van der Waals surface area contributed by atoms with Crippen LogP contribution in [0.5, 0.6) is 0 Å². The molecule has 7 nitrogen and oxygen atoms in total. The summed E-state index contributed by atoms with van der Waals surface area (Å²) in [7, 11) is 0. The number of fused-ring (bicyclic) bond motifs is 1. The highest BCUT2D eigenvalue weighted by molar-refractivity contribution is 6.00. The number of rotatable bonds is 5. The lowest BCUT2D eigenvalue weighted by Gasteiger charge is -2.35. The van der Waals surface area contributed by atoms with Gasteiger partial charge in [0.15, 0.2) is 0 Å². The van der Waals surface area contributed by atoms with Crippen LogP contribution in [0.3, 0.4) is 0 Å². The average Bonchev–Trinajstić information content (AvgIpc) is 3.42. The SMILES string of the molecule is CC(C)N1C(=O)[C@H]2[C@@H](C(=O)NC3CCCCC3)[C@H]3C=C[C@@]2(O3)[C@@H]1C(=O)NC1CCCCC1. The molecule has 5 atom stereocenters. The van der Waals surface area contributed by atoms with Crippen molar-refractivity contribution < 1.29 is 19.1 Å². The number of likely N-dealkylation sites (tertiary alicyclic amines) is 1. The molecule has 3 heterocycles. The first-order valence-electron chi connectivity index (χ1n) is 12.7. The van der Waals surface area contributed by atoms with E-state index < -0.39 is 29.6 Å². The molecule has 2 saturated carbocycles. The number of hydrogen-bond donors (Lipinski definition) is 2. The third-order valence-electron chi connectivity index (χ3n) is 8.32. The molecule has 32 heavy (non-hydrogen) atoms. The molecule has 3 amide bonds. The second-order valence-corrected chi connectivity index (χ2v) is 10.7. The molecule has 5 aliphatic rings. The first kappa shape index (κ1) is 21.9. The summed E-state index contributed by atoms with van der Waals surface area (Å²) in [5, 5.41) is 6.42. The molecule has 3 aliphatic heterocycles. The van der Waals surface area contributed by atoms with E-state index in [-0.39, 0.29) is 35.8 Å². The molecule has 2 aliphatic carbocycles.